The molecule has 1 aliphatic rings. The van der Waals surface area contributed by atoms with Gasteiger partial charge in [-0.3, -0.25) is 0 Å². The fourth-order valence-electron chi connectivity index (χ4n) is 1.87. The lowest BCUT2D eigenvalue weighted by Gasteiger charge is -2.04. The molecule has 0 aliphatic carbocycles. The minimum atomic E-state index is -3.37. The molecule has 1 aliphatic heterocycles. The number of benzene rings is 1. The van der Waals surface area contributed by atoms with E-state index in [9.17, 15) is 8.42 Å². The lowest BCUT2D eigenvalue weighted by atomic mass is 10.1. The summed E-state index contributed by atoms with van der Waals surface area (Å²) in [7, 11) is -3.37. The van der Waals surface area contributed by atoms with Gasteiger partial charge in [0.2, 0.25) is 9.84 Å². The Hall–Kier alpha value is -1.17. The highest BCUT2D eigenvalue weighted by molar-refractivity contribution is 7.95. The number of rotatable bonds is 4. The first kappa shape index (κ1) is 12.3. The quantitative estimate of drug-likeness (QED) is 0.878. The summed E-state index contributed by atoms with van der Waals surface area (Å²) in [5.41, 5.74) is 7.16. The van der Waals surface area contributed by atoms with Crippen molar-refractivity contribution >= 4 is 15.9 Å². The van der Waals surface area contributed by atoms with E-state index in [2.05, 4.69) is 0 Å². The van der Waals surface area contributed by atoms with Crippen LogP contribution in [0.1, 0.15) is 18.1 Å². The van der Waals surface area contributed by atoms with Crippen LogP contribution in [-0.2, 0) is 21.1 Å². The predicted octanol–water partition coefficient (Wildman–Crippen LogP) is 1.31. The fraction of sp³-hybridized carbons (Fsp3) is 0.333. The van der Waals surface area contributed by atoms with Crippen molar-refractivity contribution in [2.75, 3.05) is 13.2 Å². The van der Waals surface area contributed by atoms with Crippen molar-refractivity contribution in [3.8, 4) is 0 Å². The lowest BCUT2D eigenvalue weighted by Crippen LogP contribution is -2.07. The van der Waals surface area contributed by atoms with Crippen molar-refractivity contribution in [3.63, 3.8) is 0 Å². The van der Waals surface area contributed by atoms with E-state index in [0.29, 0.717) is 28.5 Å². The Balaban J connectivity index is 2.49. The molecule has 0 unspecified atom stereocenters. The number of hydrogen-bond donors (Lipinski definition) is 1. The summed E-state index contributed by atoms with van der Waals surface area (Å²) in [6.45, 7) is 2.78. The zero-order chi connectivity index (χ0) is 12.5. The van der Waals surface area contributed by atoms with Gasteiger partial charge in [0, 0.05) is 13.2 Å². The number of sulfone groups is 1. The van der Waals surface area contributed by atoms with Gasteiger partial charge in [0.15, 0.2) is 0 Å². The van der Waals surface area contributed by atoms with E-state index < -0.39 is 9.84 Å². The minimum absolute atomic E-state index is 0.123. The van der Waals surface area contributed by atoms with Crippen LogP contribution in [0, 0.1) is 0 Å². The summed E-state index contributed by atoms with van der Waals surface area (Å²) >= 11 is 0. The molecule has 4 nitrogen and oxygen atoms in total. The van der Waals surface area contributed by atoms with Gasteiger partial charge in [-0.15, -0.1) is 0 Å². The van der Waals surface area contributed by atoms with Gasteiger partial charge in [-0.05, 0) is 30.2 Å². The second-order valence-electron chi connectivity index (χ2n) is 3.78. The van der Waals surface area contributed by atoms with E-state index >= 15 is 0 Å². The zero-order valence-electron chi connectivity index (χ0n) is 9.64. The average molecular weight is 253 g/mol. The van der Waals surface area contributed by atoms with Crippen molar-refractivity contribution < 1.29 is 13.2 Å². The molecule has 0 radical (unpaired) electrons. The van der Waals surface area contributed by atoms with Gasteiger partial charge in [0.05, 0.1) is 16.4 Å². The maximum atomic E-state index is 12.2. The number of ether oxygens (including phenoxy) is 1. The highest BCUT2D eigenvalue weighted by Gasteiger charge is 2.30. The summed E-state index contributed by atoms with van der Waals surface area (Å²) in [5.74, 6) is 0. The van der Waals surface area contributed by atoms with Crippen LogP contribution in [0.15, 0.2) is 28.0 Å². The summed E-state index contributed by atoms with van der Waals surface area (Å²) in [6.07, 6.45) is 1.67. The van der Waals surface area contributed by atoms with E-state index in [4.69, 9.17) is 10.5 Å². The first-order chi connectivity index (χ1) is 8.11. The summed E-state index contributed by atoms with van der Waals surface area (Å²) < 4.78 is 29.5. The van der Waals surface area contributed by atoms with Gasteiger partial charge in [-0.2, -0.15) is 0 Å². The van der Waals surface area contributed by atoms with Crippen LogP contribution in [0.2, 0.25) is 0 Å². The third-order valence-electron chi connectivity index (χ3n) is 2.76. The van der Waals surface area contributed by atoms with Crippen LogP contribution < -0.4 is 5.73 Å². The third-order valence-corrected chi connectivity index (χ3v) is 4.63. The molecule has 1 aromatic carbocycles. The molecule has 0 aromatic heterocycles. The SMILES string of the molecule is CCOCC1=Cc2c(CN)cccc2S1(=O)=O. The molecular formula is C12H15NO3S. The van der Waals surface area contributed by atoms with Crippen LogP contribution in [0.4, 0.5) is 0 Å². The monoisotopic (exact) mass is 253 g/mol. The Labute approximate surface area is 101 Å². The third kappa shape index (κ3) is 2.01. The molecule has 2 N–H and O–H groups in total. The Morgan fingerprint density at radius 1 is 1.35 bits per heavy atom. The van der Waals surface area contributed by atoms with Crippen LogP contribution in [-0.4, -0.2) is 21.6 Å². The van der Waals surface area contributed by atoms with Crippen molar-refractivity contribution in [1.82, 2.24) is 0 Å². The van der Waals surface area contributed by atoms with E-state index in [1.165, 1.54) is 0 Å². The second kappa shape index (κ2) is 4.60. The molecule has 0 saturated heterocycles. The van der Waals surface area contributed by atoms with Gasteiger partial charge in [0.1, 0.15) is 0 Å². The highest BCUT2D eigenvalue weighted by Crippen LogP contribution is 2.34. The van der Waals surface area contributed by atoms with E-state index in [-0.39, 0.29) is 6.61 Å². The maximum absolute atomic E-state index is 12.2. The molecule has 1 aromatic rings. The fourth-order valence-corrected chi connectivity index (χ4v) is 3.40. The van der Waals surface area contributed by atoms with Crippen molar-refractivity contribution in [3.05, 3.63) is 34.2 Å². The van der Waals surface area contributed by atoms with Crippen molar-refractivity contribution in [2.24, 2.45) is 5.73 Å². The number of hydrogen-bond acceptors (Lipinski definition) is 4. The Morgan fingerprint density at radius 2 is 2.12 bits per heavy atom. The molecule has 0 saturated carbocycles. The van der Waals surface area contributed by atoms with Crippen LogP contribution in [0.5, 0.6) is 0 Å². The lowest BCUT2D eigenvalue weighted by molar-refractivity contribution is 0.175. The molecule has 92 valence electrons. The zero-order valence-corrected chi connectivity index (χ0v) is 10.5. The summed E-state index contributed by atoms with van der Waals surface area (Å²) in [6, 6.07) is 5.17. The van der Waals surface area contributed by atoms with Gasteiger partial charge < -0.3 is 10.5 Å². The first-order valence-corrected chi connectivity index (χ1v) is 6.95. The first-order valence-electron chi connectivity index (χ1n) is 5.46. The van der Waals surface area contributed by atoms with Crippen LogP contribution in [0.25, 0.3) is 6.08 Å². The van der Waals surface area contributed by atoms with Crippen molar-refractivity contribution in [2.45, 2.75) is 18.4 Å². The maximum Gasteiger partial charge on any atom is 0.205 e. The average Bonchev–Trinajstić information content (AvgIpc) is 2.58. The van der Waals surface area contributed by atoms with Crippen molar-refractivity contribution in [1.29, 1.82) is 0 Å². The molecule has 0 spiro atoms. The molecule has 0 fully saturated rings. The Morgan fingerprint density at radius 3 is 2.76 bits per heavy atom. The molecule has 0 amide bonds. The number of fused-ring (bicyclic) bond motifs is 1. The largest absolute Gasteiger partial charge is 0.376 e. The summed E-state index contributed by atoms with van der Waals surface area (Å²) in [4.78, 5) is 0.658. The normalized spacial score (nSPS) is 16.7. The van der Waals surface area contributed by atoms with E-state index in [1.54, 1.807) is 18.2 Å². The molecule has 2 rings (SSSR count). The van der Waals surface area contributed by atoms with Gasteiger partial charge >= 0.3 is 0 Å². The van der Waals surface area contributed by atoms with Gasteiger partial charge in [0.25, 0.3) is 0 Å². The molecule has 17 heavy (non-hydrogen) atoms. The minimum Gasteiger partial charge on any atom is -0.376 e. The molecular weight excluding hydrogens is 238 g/mol. The van der Waals surface area contributed by atoms with Gasteiger partial charge in [-0.25, -0.2) is 8.42 Å². The molecule has 5 heteroatoms. The Bertz CT molecular complexity index is 561. The molecule has 0 bridgehead atoms. The van der Waals surface area contributed by atoms with Gasteiger partial charge in [-0.1, -0.05) is 12.1 Å². The van der Waals surface area contributed by atoms with E-state index in [1.807, 2.05) is 13.0 Å². The standard InChI is InChI=1S/C12H15NO3S/c1-2-16-8-10-6-11-9(7-13)4-3-5-12(11)17(10,14)15/h3-6H,2,7-8,13H2,1H3. The topological polar surface area (TPSA) is 69.4 Å². The molecule has 0 atom stereocenters. The van der Waals surface area contributed by atoms with Crippen LogP contribution in [0.3, 0.4) is 0 Å². The second-order valence-corrected chi connectivity index (χ2v) is 5.76. The smallest absolute Gasteiger partial charge is 0.205 e. The Kier molecular flexibility index (Phi) is 3.33. The van der Waals surface area contributed by atoms with E-state index in [0.717, 1.165) is 5.56 Å². The summed E-state index contributed by atoms with van der Waals surface area (Å²) in [5, 5.41) is 0. The number of nitrogens with two attached hydrogens (primary N) is 1. The predicted molar refractivity (Wildman–Crippen MR) is 66.0 cm³/mol. The van der Waals surface area contributed by atoms with Crippen LogP contribution >= 0.6 is 0 Å². The molecule has 1 heterocycles. The highest BCUT2D eigenvalue weighted by atomic mass is 32.2.